The molecule has 3 aromatic rings. The Kier molecular flexibility index (Phi) is 4.64. The maximum Gasteiger partial charge on any atom is 0.330 e. The van der Waals surface area contributed by atoms with Gasteiger partial charge in [-0.3, -0.25) is 14.4 Å². The van der Waals surface area contributed by atoms with Gasteiger partial charge < -0.3 is 9.47 Å². The first-order chi connectivity index (χ1) is 15.4. The zero-order valence-corrected chi connectivity index (χ0v) is 18.4. The van der Waals surface area contributed by atoms with Crippen LogP contribution in [0.1, 0.15) is 42.1 Å². The first-order valence-corrected chi connectivity index (χ1v) is 11.0. The molecule has 1 aliphatic heterocycles. The molecule has 3 unspecified atom stereocenters. The van der Waals surface area contributed by atoms with Gasteiger partial charge in [-0.1, -0.05) is 48.9 Å². The smallest absolute Gasteiger partial charge is 0.330 e. The Labute approximate surface area is 190 Å². The van der Waals surface area contributed by atoms with Crippen LogP contribution in [0.5, 0.6) is 5.75 Å². The van der Waals surface area contributed by atoms with Gasteiger partial charge in [-0.2, -0.15) is 0 Å². The van der Waals surface area contributed by atoms with E-state index < -0.39 is 28.7 Å². The molecule has 0 aromatic heterocycles. The summed E-state index contributed by atoms with van der Waals surface area (Å²) in [5.74, 6) is -2.01. The second kappa shape index (κ2) is 7.17. The number of fused-ring (bicyclic) bond motifs is 5. The fourth-order valence-corrected chi connectivity index (χ4v) is 5.71. The predicted molar refractivity (Wildman–Crippen MR) is 120 cm³/mol. The molecule has 162 valence electrons. The summed E-state index contributed by atoms with van der Waals surface area (Å²) in [5.41, 5.74) is -1.92. The molecule has 1 heterocycles. The highest BCUT2D eigenvalue weighted by Crippen LogP contribution is 2.80. The molecule has 1 saturated carbocycles. The van der Waals surface area contributed by atoms with Gasteiger partial charge in [0.2, 0.25) is 0 Å². The maximum absolute atomic E-state index is 14.0. The zero-order valence-electron chi connectivity index (χ0n) is 17.7. The molecule has 5 nitrogen and oxygen atoms in total. The number of carbonyl (C=O) groups is 3. The van der Waals surface area contributed by atoms with Gasteiger partial charge in [0.1, 0.15) is 5.75 Å². The first-order valence-electron chi connectivity index (χ1n) is 10.6. The summed E-state index contributed by atoms with van der Waals surface area (Å²) >= 11 is 6.02. The molecule has 3 aromatic carbocycles. The molecule has 0 amide bonds. The van der Waals surface area contributed by atoms with Crippen LogP contribution in [0, 0.1) is 10.8 Å². The summed E-state index contributed by atoms with van der Waals surface area (Å²) in [5, 5.41) is 2.30. The number of hydrogen-bond acceptors (Lipinski definition) is 5. The van der Waals surface area contributed by atoms with E-state index >= 15 is 0 Å². The zero-order chi connectivity index (χ0) is 22.7. The number of hydrogen-bond donors (Lipinski definition) is 0. The third kappa shape index (κ3) is 2.43. The number of Topliss-reactive ketones (excluding diaryl/α,β-unsaturated/α-hetero) is 1. The van der Waals surface area contributed by atoms with E-state index in [0.29, 0.717) is 21.9 Å². The molecule has 32 heavy (non-hydrogen) atoms. The molecule has 0 bridgehead atoms. The van der Waals surface area contributed by atoms with Crippen molar-refractivity contribution in [3.63, 3.8) is 0 Å². The van der Waals surface area contributed by atoms with E-state index in [2.05, 4.69) is 0 Å². The Morgan fingerprint density at radius 2 is 1.75 bits per heavy atom. The summed E-state index contributed by atoms with van der Waals surface area (Å²) in [7, 11) is 0. The Balaban J connectivity index is 1.79. The van der Waals surface area contributed by atoms with Gasteiger partial charge in [0.25, 0.3) is 0 Å². The third-order valence-electron chi connectivity index (χ3n) is 6.96. The predicted octanol–water partition coefficient (Wildman–Crippen LogP) is 5.34. The van der Waals surface area contributed by atoms with Crippen molar-refractivity contribution < 1.29 is 23.9 Å². The van der Waals surface area contributed by atoms with E-state index in [0.717, 1.165) is 10.8 Å². The van der Waals surface area contributed by atoms with Crippen molar-refractivity contribution in [2.24, 2.45) is 10.8 Å². The quantitative estimate of drug-likeness (QED) is 0.228. The molecule has 0 saturated heterocycles. The number of esters is 2. The Morgan fingerprint density at radius 3 is 2.44 bits per heavy atom. The van der Waals surface area contributed by atoms with Gasteiger partial charge in [-0.05, 0) is 54.4 Å². The first kappa shape index (κ1) is 20.7. The Bertz CT molecular complexity index is 1280. The minimum Gasteiger partial charge on any atom is -0.465 e. The number of ketones is 1. The lowest BCUT2D eigenvalue weighted by Crippen LogP contribution is -2.40. The van der Waals surface area contributed by atoms with Gasteiger partial charge in [-0.15, -0.1) is 0 Å². The third-order valence-corrected chi connectivity index (χ3v) is 7.21. The SMILES string of the molecule is CCOC(=O)C12C(=O)Oc3ccc4ccccc4c3C1C2(CC)C(=O)c1ccc(Cl)cc1. The van der Waals surface area contributed by atoms with E-state index in [1.165, 1.54) is 0 Å². The van der Waals surface area contributed by atoms with Crippen LogP contribution in [0.3, 0.4) is 0 Å². The summed E-state index contributed by atoms with van der Waals surface area (Å²) in [4.78, 5) is 40.8. The van der Waals surface area contributed by atoms with Crippen LogP contribution in [-0.2, 0) is 14.3 Å². The molecule has 0 spiro atoms. The number of halogens is 1. The van der Waals surface area contributed by atoms with Crippen molar-refractivity contribution in [3.8, 4) is 5.75 Å². The summed E-state index contributed by atoms with van der Waals surface area (Å²) in [6.07, 6.45) is 0.274. The Hall–Kier alpha value is -3.18. The van der Waals surface area contributed by atoms with Crippen molar-refractivity contribution in [1.82, 2.24) is 0 Å². The summed E-state index contributed by atoms with van der Waals surface area (Å²) in [6.45, 7) is 3.60. The monoisotopic (exact) mass is 448 g/mol. The van der Waals surface area contributed by atoms with Crippen LogP contribution in [0.4, 0.5) is 0 Å². The second-order valence-electron chi connectivity index (χ2n) is 8.21. The fraction of sp³-hybridized carbons (Fsp3) is 0.269. The molecule has 2 aliphatic rings. The van der Waals surface area contributed by atoms with Crippen molar-refractivity contribution in [1.29, 1.82) is 0 Å². The molecule has 3 atom stereocenters. The van der Waals surface area contributed by atoms with Crippen molar-refractivity contribution in [3.05, 3.63) is 76.8 Å². The van der Waals surface area contributed by atoms with Crippen molar-refractivity contribution >= 4 is 40.1 Å². The summed E-state index contributed by atoms with van der Waals surface area (Å²) < 4.78 is 11.1. The van der Waals surface area contributed by atoms with Gasteiger partial charge in [0.05, 0.1) is 12.0 Å². The molecule has 0 N–H and O–H groups in total. The molecule has 0 radical (unpaired) electrons. The van der Waals surface area contributed by atoms with Crippen LogP contribution in [-0.4, -0.2) is 24.3 Å². The van der Waals surface area contributed by atoms with Crippen LogP contribution in [0.2, 0.25) is 5.02 Å². The highest BCUT2D eigenvalue weighted by atomic mass is 35.5. The highest BCUT2D eigenvalue weighted by molar-refractivity contribution is 6.30. The van der Waals surface area contributed by atoms with E-state index in [1.807, 2.05) is 37.3 Å². The molecule has 1 fully saturated rings. The molecular formula is C26H21ClO5. The number of ether oxygens (including phenoxy) is 2. The average Bonchev–Trinajstić information content (AvgIpc) is 3.45. The lowest BCUT2D eigenvalue weighted by Gasteiger charge is -2.23. The van der Waals surface area contributed by atoms with Gasteiger partial charge in [-0.25, -0.2) is 0 Å². The number of benzene rings is 3. The van der Waals surface area contributed by atoms with Crippen molar-refractivity contribution in [2.45, 2.75) is 26.2 Å². The van der Waals surface area contributed by atoms with E-state index in [1.54, 1.807) is 37.3 Å². The van der Waals surface area contributed by atoms with E-state index in [4.69, 9.17) is 21.1 Å². The normalized spacial score (nSPS) is 25.5. The van der Waals surface area contributed by atoms with Crippen LogP contribution < -0.4 is 4.74 Å². The van der Waals surface area contributed by atoms with Gasteiger partial charge in [0, 0.05) is 22.1 Å². The number of carbonyl (C=O) groups excluding carboxylic acids is 3. The number of rotatable bonds is 5. The van der Waals surface area contributed by atoms with E-state index in [9.17, 15) is 14.4 Å². The lowest BCUT2D eigenvalue weighted by molar-refractivity contribution is -0.162. The van der Waals surface area contributed by atoms with E-state index in [-0.39, 0.29) is 18.8 Å². The van der Waals surface area contributed by atoms with Gasteiger partial charge >= 0.3 is 11.9 Å². The lowest BCUT2D eigenvalue weighted by atomic mass is 9.83. The van der Waals surface area contributed by atoms with Gasteiger partial charge in [0.15, 0.2) is 11.2 Å². The largest absolute Gasteiger partial charge is 0.465 e. The minimum atomic E-state index is -1.72. The topological polar surface area (TPSA) is 69.7 Å². The second-order valence-corrected chi connectivity index (χ2v) is 8.65. The molecular weight excluding hydrogens is 428 g/mol. The molecule has 5 rings (SSSR count). The molecule has 1 aliphatic carbocycles. The Morgan fingerprint density at radius 1 is 1.03 bits per heavy atom. The standard InChI is InChI=1S/C26H21ClO5/c1-3-25(22(28)16-9-12-17(27)13-10-16)21-20-18-8-6-5-7-15(18)11-14-19(20)32-24(30)26(21,25)23(29)31-4-2/h5-14,21H,3-4H2,1-2H3. The molecule has 6 heteroatoms. The highest BCUT2D eigenvalue weighted by Gasteiger charge is 2.90. The average molecular weight is 449 g/mol. The fourth-order valence-electron chi connectivity index (χ4n) is 5.58. The van der Waals surface area contributed by atoms with Crippen LogP contribution >= 0.6 is 11.6 Å². The maximum atomic E-state index is 14.0. The minimum absolute atomic E-state index is 0.0951. The summed E-state index contributed by atoms with van der Waals surface area (Å²) in [6, 6.07) is 17.8. The van der Waals surface area contributed by atoms with Crippen LogP contribution in [0.25, 0.3) is 10.8 Å². The van der Waals surface area contributed by atoms with Crippen LogP contribution in [0.15, 0.2) is 60.7 Å². The van der Waals surface area contributed by atoms with Crippen molar-refractivity contribution in [2.75, 3.05) is 6.61 Å².